The average Bonchev–Trinajstić information content (AvgIpc) is 3.31. The van der Waals surface area contributed by atoms with Crippen molar-refractivity contribution in [2.24, 2.45) is 0 Å². The van der Waals surface area contributed by atoms with Crippen LogP contribution < -0.4 is 4.70 Å². The molecule has 44 heavy (non-hydrogen) atoms. The molecule has 2 aliphatic rings. The molecule has 0 atom stereocenters. The smallest absolute Gasteiger partial charge is 0.762 e. The second kappa shape index (κ2) is 24.5. The Bertz CT molecular complexity index is 964. The quantitative estimate of drug-likeness (QED) is 0.0957. The van der Waals surface area contributed by atoms with E-state index in [1.54, 1.807) is 25.7 Å². The van der Waals surface area contributed by atoms with E-state index in [0.29, 0.717) is 23.2 Å². The van der Waals surface area contributed by atoms with E-state index >= 15 is 0 Å². The number of imide groups is 2. The summed E-state index contributed by atoms with van der Waals surface area (Å²) in [5.74, 6) is -3.04. The Kier molecular flexibility index (Phi) is 26.2. The molecule has 0 aromatic heterocycles. The van der Waals surface area contributed by atoms with Gasteiger partial charge < -0.3 is 14.6 Å². The molecule has 0 spiro atoms. The summed E-state index contributed by atoms with van der Waals surface area (Å²) in [5.41, 5.74) is 0. The van der Waals surface area contributed by atoms with Crippen molar-refractivity contribution in [3.63, 3.8) is 0 Å². The normalized spacial score (nSPS) is 13.3. The van der Waals surface area contributed by atoms with Gasteiger partial charge in [-0.05, 0) is 34.2 Å². The van der Waals surface area contributed by atoms with Crippen LogP contribution >= 0.6 is 0 Å². The van der Waals surface area contributed by atoms with Gasteiger partial charge in [0.2, 0.25) is 0 Å². The molecule has 2 fully saturated rings. The van der Waals surface area contributed by atoms with Crippen molar-refractivity contribution in [3.05, 3.63) is 0 Å². The lowest BCUT2D eigenvalue weighted by molar-refractivity contribution is -0.557. The summed E-state index contributed by atoms with van der Waals surface area (Å²) in [6.07, 6.45) is 0.680. The van der Waals surface area contributed by atoms with E-state index in [1.165, 1.54) is 4.58 Å². The van der Waals surface area contributed by atoms with Crippen LogP contribution in [0, 0.1) is 0 Å². The van der Waals surface area contributed by atoms with Gasteiger partial charge in [0.05, 0.1) is 0 Å². The van der Waals surface area contributed by atoms with E-state index in [4.69, 9.17) is 14.7 Å². The highest BCUT2D eigenvalue weighted by molar-refractivity contribution is 6.33. The Morgan fingerprint density at radius 2 is 1.14 bits per heavy atom. The van der Waals surface area contributed by atoms with Crippen LogP contribution in [0.5, 0.6) is 0 Å². The molecular formula is C25H45BF4N5O9+. The lowest BCUT2D eigenvalue weighted by Gasteiger charge is -2.28. The molecule has 19 heteroatoms. The molecule has 0 aromatic rings. The number of amidine groups is 1. The standard InChI is InChI=1S/C9H15N3O3.C8H19N.C6H7NO4.C2H4O2.BF3.FH/c1-10(2)9(11(3)4)15-12-7(13)5-6-8(12)14;1-6-9(7(2)3)8(4)5;1-4(8)11-7-5(9)2-3-6(7)10;1-2(3)4;2-1(3)4;/h1,5-6H2,2-4H3;7-8H,6H2,1-5H3;2-3H2,1H3;1H3,(H,3,4);;1H/q+2;;;;;/p-1. The fourth-order valence-corrected chi connectivity index (χ4v) is 3.35. The summed E-state index contributed by atoms with van der Waals surface area (Å²) < 4.78 is 32.1. The first kappa shape index (κ1) is 47.0. The Balaban J connectivity index is -0.000000246. The van der Waals surface area contributed by atoms with Crippen LogP contribution in [-0.4, -0.2) is 125 Å². The Labute approximate surface area is 255 Å². The number of rotatable bonds is 5. The number of hydrogen-bond acceptors (Lipinski definition) is 9. The van der Waals surface area contributed by atoms with Crippen LogP contribution in [0.2, 0.25) is 0 Å². The van der Waals surface area contributed by atoms with Crippen molar-refractivity contribution in [2.75, 3.05) is 27.7 Å². The van der Waals surface area contributed by atoms with E-state index in [0.717, 1.165) is 25.5 Å². The monoisotopic (exact) mass is 646 g/mol. The minimum absolute atomic E-state index is 0. The third-order valence-corrected chi connectivity index (χ3v) is 4.81. The van der Waals surface area contributed by atoms with Gasteiger partial charge in [-0.3, -0.25) is 46.7 Å². The highest BCUT2D eigenvalue weighted by Gasteiger charge is 2.37. The number of halogens is 4. The minimum atomic E-state index is -3.67. The van der Waals surface area contributed by atoms with E-state index in [1.807, 2.05) is 0 Å². The highest BCUT2D eigenvalue weighted by Crippen LogP contribution is 2.12. The molecule has 0 saturated carbocycles. The fourth-order valence-electron chi connectivity index (χ4n) is 3.35. The zero-order valence-corrected chi connectivity index (χ0v) is 26.9. The lowest BCUT2D eigenvalue weighted by atomic mass is 10.2. The topological polar surface area (TPSA) is 157 Å². The van der Waals surface area contributed by atoms with Gasteiger partial charge in [0, 0.05) is 51.6 Å². The molecule has 0 aromatic carbocycles. The Morgan fingerprint density at radius 1 is 0.864 bits per heavy atom. The van der Waals surface area contributed by atoms with E-state index in [-0.39, 0.29) is 42.2 Å². The second-order valence-electron chi connectivity index (χ2n) is 9.50. The number of carboxylic acids is 1. The van der Waals surface area contributed by atoms with E-state index in [9.17, 15) is 36.9 Å². The second-order valence-corrected chi connectivity index (χ2v) is 9.50. The molecule has 2 saturated heterocycles. The summed E-state index contributed by atoms with van der Waals surface area (Å²) in [5, 5.41) is 8.72. The number of hydroxylamine groups is 4. The fraction of sp³-hybridized carbons (Fsp3) is 0.680. The van der Waals surface area contributed by atoms with Crippen molar-refractivity contribution < 1.29 is 70.4 Å². The van der Waals surface area contributed by atoms with Gasteiger partial charge in [0.1, 0.15) is 27.9 Å². The number of hydrogen-bond donors (Lipinski definition) is 1. The van der Waals surface area contributed by atoms with Crippen LogP contribution in [0.3, 0.4) is 0 Å². The molecule has 0 bridgehead atoms. The first-order valence-electron chi connectivity index (χ1n) is 13.1. The predicted molar refractivity (Wildman–Crippen MR) is 150 cm³/mol. The van der Waals surface area contributed by atoms with Gasteiger partial charge in [0.25, 0.3) is 29.6 Å². The predicted octanol–water partition coefficient (Wildman–Crippen LogP) is -1.25. The summed E-state index contributed by atoms with van der Waals surface area (Å²) in [4.78, 5) is 75.4. The van der Waals surface area contributed by atoms with Gasteiger partial charge in [-0.15, -0.1) is 14.2 Å². The molecule has 2 rings (SSSR count). The molecule has 254 valence electrons. The highest BCUT2D eigenvalue weighted by atomic mass is 19.4. The maximum absolute atomic E-state index is 11.3. The molecule has 4 amide bonds. The SMILES string of the molecule is C=[N+](C)C(ON1C(=O)CCC1=O)=[N+](C)C.CC(=O)O.CC(=O)ON1C(=O)CCC1=O.CCN(C(C)C)C(C)C.FB(F)F.[F-]. The summed E-state index contributed by atoms with van der Waals surface area (Å²) in [6, 6.07) is 1.71. The maximum Gasteiger partial charge on any atom is 0.762 e. The summed E-state index contributed by atoms with van der Waals surface area (Å²) in [6.45, 7) is 18.2. The van der Waals surface area contributed by atoms with Crippen LogP contribution in [0.4, 0.5) is 12.9 Å². The van der Waals surface area contributed by atoms with Crippen molar-refractivity contribution >= 4 is 55.9 Å². The Hall–Kier alpha value is -3.90. The minimum Gasteiger partial charge on any atom is -1.00 e. The zero-order valence-electron chi connectivity index (χ0n) is 26.9. The number of aliphatic carboxylic acids is 1. The van der Waals surface area contributed by atoms with Crippen LogP contribution in [0.1, 0.15) is 74.1 Å². The van der Waals surface area contributed by atoms with Gasteiger partial charge in [-0.25, -0.2) is 4.79 Å². The van der Waals surface area contributed by atoms with Crippen molar-refractivity contribution in [3.8, 4) is 0 Å². The number of carbonyl (C=O) groups is 6. The van der Waals surface area contributed by atoms with Crippen LogP contribution in [-0.2, 0) is 38.4 Å². The third kappa shape index (κ3) is 22.7. The van der Waals surface area contributed by atoms with Gasteiger partial charge in [0.15, 0.2) is 0 Å². The number of nitrogens with zero attached hydrogens (tertiary/aromatic N) is 5. The molecule has 0 aliphatic carbocycles. The molecule has 14 nitrogen and oxygen atoms in total. The molecule has 2 aliphatic heterocycles. The van der Waals surface area contributed by atoms with Crippen molar-refractivity contribution in [2.45, 2.75) is 86.2 Å². The summed E-state index contributed by atoms with van der Waals surface area (Å²) >= 11 is 0. The lowest BCUT2D eigenvalue weighted by Crippen LogP contribution is -3.00. The molecule has 2 heterocycles. The van der Waals surface area contributed by atoms with Gasteiger partial charge >= 0.3 is 19.5 Å². The molecule has 0 unspecified atom stereocenters. The van der Waals surface area contributed by atoms with Crippen molar-refractivity contribution in [1.82, 2.24) is 15.0 Å². The largest absolute Gasteiger partial charge is 1.00 e. The first-order valence-corrected chi connectivity index (χ1v) is 13.1. The number of carboxylic acid groups (broad SMARTS) is 1. The first-order chi connectivity index (χ1) is 19.6. The number of amides is 4. The van der Waals surface area contributed by atoms with E-state index < -0.39 is 31.3 Å². The van der Waals surface area contributed by atoms with E-state index in [2.05, 4.69) is 51.1 Å². The third-order valence-electron chi connectivity index (χ3n) is 4.81. The number of carbonyl (C=O) groups excluding carboxylic acids is 5. The van der Waals surface area contributed by atoms with Gasteiger partial charge in [-0.1, -0.05) is 12.0 Å². The molecule has 0 radical (unpaired) electrons. The Morgan fingerprint density at radius 3 is 1.30 bits per heavy atom. The zero-order chi connectivity index (χ0) is 34.6. The molecular weight excluding hydrogens is 601 g/mol. The average molecular weight is 646 g/mol. The maximum atomic E-state index is 11.3. The van der Waals surface area contributed by atoms with Crippen LogP contribution in [0.25, 0.3) is 0 Å². The van der Waals surface area contributed by atoms with Crippen LogP contribution in [0.15, 0.2) is 0 Å². The van der Waals surface area contributed by atoms with Crippen molar-refractivity contribution in [1.29, 1.82) is 0 Å². The van der Waals surface area contributed by atoms with Gasteiger partial charge in [-0.2, -0.15) is 0 Å². The molecule has 1 N–H and O–H groups in total. The summed E-state index contributed by atoms with van der Waals surface area (Å²) in [7, 11) is 1.48.